The van der Waals surface area contributed by atoms with Gasteiger partial charge in [0.1, 0.15) is 0 Å². The molecule has 2 nitrogen and oxygen atoms in total. The van der Waals surface area contributed by atoms with Crippen molar-refractivity contribution in [2.45, 2.75) is 6.92 Å². The number of carbonyl (C=O) groups is 1. The lowest BCUT2D eigenvalue weighted by Crippen LogP contribution is -2.11. The Morgan fingerprint density at radius 1 is 0.950 bits per heavy atom. The molecule has 0 aliphatic heterocycles. The molecule has 0 bridgehead atoms. The molecule has 0 saturated heterocycles. The Bertz CT molecular complexity index is 833. The summed E-state index contributed by atoms with van der Waals surface area (Å²) in [4.78, 5) is 11.8. The maximum atomic E-state index is 11.8. The summed E-state index contributed by atoms with van der Waals surface area (Å²) in [5.74, 6) is -0.148. The third-order valence-electron chi connectivity index (χ3n) is 3.38. The molecule has 0 saturated carbocycles. The molecule has 0 atom stereocenters. The van der Waals surface area contributed by atoms with Gasteiger partial charge in [-0.25, -0.2) is 0 Å². The highest BCUT2D eigenvalue weighted by Gasteiger charge is 2.07. The highest BCUT2D eigenvalue weighted by Crippen LogP contribution is 2.28. The zero-order chi connectivity index (χ0) is 14.1. The molecule has 3 rings (SSSR count). The Labute approximate surface area is 117 Å². The van der Waals surface area contributed by atoms with Gasteiger partial charge in [-0.05, 0) is 41.3 Å². The Balaban J connectivity index is 2.20. The number of nitrogens with one attached hydrogen (secondary N) is 1. The lowest BCUT2D eigenvalue weighted by atomic mass is 10.0. The normalized spacial score (nSPS) is 10.7. The van der Waals surface area contributed by atoms with Crippen molar-refractivity contribution in [3.05, 3.63) is 66.7 Å². The monoisotopic (exact) mass is 261 g/mol. The molecule has 1 amide bonds. The van der Waals surface area contributed by atoms with Crippen LogP contribution in [0.5, 0.6) is 0 Å². The molecule has 0 heterocycles. The lowest BCUT2D eigenvalue weighted by molar-refractivity contribution is -0.112. The number of rotatable bonds is 2. The summed E-state index contributed by atoms with van der Waals surface area (Å²) in [5.41, 5.74) is 1.32. The molecule has 0 aliphatic rings. The zero-order valence-electron chi connectivity index (χ0n) is 11.3. The smallest absolute Gasteiger partial charge is 0.250 e. The number of anilines is 1. The summed E-state index contributed by atoms with van der Waals surface area (Å²) in [7, 11) is 0. The van der Waals surface area contributed by atoms with Gasteiger partial charge in [0.25, 0.3) is 5.91 Å². The van der Waals surface area contributed by atoms with Crippen LogP contribution >= 0.6 is 0 Å². The van der Waals surface area contributed by atoms with E-state index in [-0.39, 0.29) is 5.91 Å². The van der Waals surface area contributed by atoms with Gasteiger partial charge in [0, 0.05) is 16.6 Å². The number of hydrogen-bond acceptors (Lipinski definition) is 1. The van der Waals surface area contributed by atoms with Crippen LogP contribution in [0.25, 0.3) is 21.5 Å². The molecule has 0 aromatic heterocycles. The molecular formula is C18H15NO. The molecular weight excluding hydrogens is 246 g/mol. The van der Waals surface area contributed by atoms with E-state index in [9.17, 15) is 4.79 Å². The van der Waals surface area contributed by atoms with Crippen LogP contribution in [0, 0.1) is 0 Å². The average Bonchev–Trinajstić information content (AvgIpc) is 2.45. The van der Waals surface area contributed by atoms with Crippen molar-refractivity contribution in [3.63, 3.8) is 0 Å². The van der Waals surface area contributed by atoms with E-state index in [0.29, 0.717) is 5.57 Å². The van der Waals surface area contributed by atoms with Gasteiger partial charge < -0.3 is 5.32 Å². The minimum Gasteiger partial charge on any atom is -0.322 e. The van der Waals surface area contributed by atoms with E-state index in [1.165, 1.54) is 5.39 Å². The van der Waals surface area contributed by atoms with Crippen LogP contribution in [-0.2, 0) is 4.79 Å². The molecule has 98 valence electrons. The summed E-state index contributed by atoms with van der Waals surface area (Å²) in [6.07, 6.45) is 0. The number of amides is 1. The summed E-state index contributed by atoms with van der Waals surface area (Å²) in [5, 5.41) is 7.43. The van der Waals surface area contributed by atoms with Crippen LogP contribution in [0.4, 0.5) is 5.69 Å². The molecule has 0 spiro atoms. The number of benzene rings is 3. The van der Waals surface area contributed by atoms with Gasteiger partial charge in [-0.1, -0.05) is 43.0 Å². The Morgan fingerprint density at radius 2 is 1.60 bits per heavy atom. The van der Waals surface area contributed by atoms with Crippen molar-refractivity contribution >= 4 is 33.1 Å². The average molecular weight is 261 g/mol. The maximum Gasteiger partial charge on any atom is 0.250 e. The van der Waals surface area contributed by atoms with Crippen molar-refractivity contribution < 1.29 is 4.79 Å². The van der Waals surface area contributed by atoms with E-state index in [4.69, 9.17) is 0 Å². The van der Waals surface area contributed by atoms with Crippen molar-refractivity contribution in [2.75, 3.05) is 5.32 Å². The molecule has 0 fully saturated rings. The maximum absolute atomic E-state index is 11.8. The van der Waals surface area contributed by atoms with E-state index in [0.717, 1.165) is 21.8 Å². The first-order valence-corrected chi connectivity index (χ1v) is 6.53. The van der Waals surface area contributed by atoms with Crippen LogP contribution in [0.1, 0.15) is 6.92 Å². The van der Waals surface area contributed by atoms with E-state index in [1.54, 1.807) is 6.92 Å². The Hall–Kier alpha value is -2.61. The summed E-state index contributed by atoms with van der Waals surface area (Å²) in [6.45, 7) is 5.37. The first-order valence-electron chi connectivity index (χ1n) is 6.53. The third-order valence-corrected chi connectivity index (χ3v) is 3.38. The van der Waals surface area contributed by atoms with Gasteiger partial charge in [0.2, 0.25) is 0 Å². The molecule has 20 heavy (non-hydrogen) atoms. The molecule has 0 unspecified atom stereocenters. The predicted octanol–water partition coefficient (Wildman–Crippen LogP) is 4.51. The van der Waals surface area contributed by atoms with Crippen molar-refractivity contribution in [1.82, 2.24) is 0 Å². The second-order valence-electron chi connectivity index (χ2n) is 4.96. The van der Waals surface area contributed by atoms with Crippen LogP contribution in [0.15, 0.2) is 66.7 Å². The van der Waals surface area contributed by atoms with Gasteiger partial charge >= 0.3 is 0 Å². The minimum atomic E-state index is -0.148. The fourth-order valence-corrected chi connectivity index (χ4v) is 2.30. The highest BCUT2D eigenvalue weighted by molar-refractivity contribution is 6.10. The topological polar surface area (TPSA) is 29.1 Å². The van der Waals surface area contributed by atoms with Gasteiger partial charge in [-0.2, -0.15) is 0 Å². The van der Waals surface area contributed by atoms with Crippen molar-refractivity contribution in [1.29, 1.82) is 0 Å². The molecule has 1 N–H and O–H groups in total. The van der Waals surface area contributed by atoms with Gasteiger partial charge in [0.05, 0.1) is 0 Å². The van der Waals surface area contributed by atoms with Gasteiger partial charge in [0.15, 0.2) is 0 Å². The van der Waals surface area contributed by atoms with Crippen molar-refractivity contribution in [2.24, 2.45) is 0 Å². The van der Waals surface area contributed by atoms with Crippen LogP contribution in [0.3, 0.4) is 0 Å². The Kier molecular flexibility index (Phi) is 2.99. The molecule has 3 aromatic carbocycles. The van der Waals surface area contributed by atoms with Crippen LogP contribution in [-0.4, -0.2) is 5.91 Å². The largest absolute Gasteiger partial charge is 0.322 e. The summed E-state index contributed by atoms with van der Waals surface area (Å²) in [6, 6.07) is 18.4. The minimum absolute atomic E-state index is 0.148. The third kappa shape index (κ3) is 2.16. The highest BCUT2D eigenvalue weighted by atomic mass is 16.1. The van der Waals surface area contributed by atoms with Gasteiger partial charge in [-0.15, -0.1) is 0 Å². The first-order chi connectivity index (χ1) is 9.65. The van der Waals surface area contributed by atoms with E-state index in [1.807, 2.05) is 24.3 Å². The quantitative estimate of drug-likeness (QED) is 0.534. The fraction of sp³-hybridized carbons (Fsp3) is 0.0556. The molecule has 0 aliphatic carbocycles. The molecule has 3 aromatic rings. The number of hydrogen-bond donors (Lipinski definition) is 1. The second-order valence-corrected chi connectivity index (χ2v) is 4.96. The first kappa shape index (κ1) is 12.4. The zero-order valence-corrected chi connectivity index (χ0v) is 11.3. The Morgan fingerprint density at radius 3 is 2.30 bits per heavy atom. The summed E-state index contributed by atoms with van der Waals surface area (Å²) < 4.78 is 0. The standard InChI is InChI=1S/C18H15NO/c1-12(2)18(20)19-17-9-5-8-15-10-13-6-3-4-7-14(13)11-16(15)17/h3-11H,1H2,2H3,(H,19,20). The molecule has 0 radical (unpaired) electrons. The summed E-state index contributed by atoms with van der Waals surface area (Å²) >= 11 is 0. The number of carbonyl (C=O) groups excluding carboxylic acids is 1. The SMILES string of the molecule is C=C(C)C(=O)Nc1cccc2cc3ccccc3cc12. The van der Waals surface area contributed by atoms with E-state index >= 15 is 0 Å². The second kappa shape index (κ2) is 4.82. The van der Waals surface area contributed by atoms with E-state index < -0.39 is 0 Å². The van der Waals surface area contributed by atoms with Crippen LogP contribution in [0.2, 0.25) is 0 Å². The lowest BCUT2D eigenvalue weighted by Gasteiger charge is -2.10. The predicted molar refractivity (Wildman–Crippen MR) is 84.9 cm³/mol. The van der Waals surface area contributed by atoms with E-state index in [2.05, 4.69) is 42.2 Å². The fourth-order valence-electron chi connectivity index (χ4n) is 2.30. The van der Waals surface area contributed by atoms with Crippen LogP contribution < -0.4 is 5.32 Å². The number of fused-ring (bicyclic) bond motifs is 2. The van der Waals surface area contributed by atoms with Crippen molar-refractivity contribution in [3.8, 4) is 0 Å². The molecule has 2 heteroatoms. The van der Waals surface area contributed by atoms with Gasteiger partial charge in [-0.3, -0.25) is 4.79 Å².